The van der Waals surface area contributed by atoms with Crippen molar-refractivity contribution in [2.45, 2.75) is 89.5 Å². The van der Waals surface area contributed by atoms with Gasteiger partial charge in [0.25, 0.3) is 0 Å². The zero-order valence-electron chi connectivity index (χ0n) is 15.3. The first kappa shape index (κ1) is 43.9. The van der Waals surface area contributed by atoms with Gasteiger partial charge in [-0.25, -0.2) is 0 Å². The van der Waals surface area contributed by atoms with Crippen LogP contribution in [0.2, 0.25) is 0 Å². The molecule has 0 aromatic rings. The molecule has 0 unspecified atom stereocenters. The third kappa shape index (κ3) is 12200. The highest BCUT2D eigenvalue weighted by atomic mass is 13.4. The van der Waals surface area contributed by atoms with E-state index in [9.17, 15) is 0 Å². The normalized spacial score (nSPS) is 4.94. The minimum atomic E-state index is 1.25. The van der Waals surface area contributed by atoms with Crippen LogP contribution >= 0.6 is 0 Å². The number of allylic oxidation sites excluding steroid dienone is 2. The maximum Gasteiger partial charge on any atom is -0.0470 e. The molecule has 0 N–H and O–H groups in total. The fraction of sp³-hybridized carbons (Fsp3) is 0.765. The number of hydrogen-bond donors (Lipinski definition) is 0. The molecule has 0 radical (unpaired) electrons. The molecule has 0 aliphatic carbocycles. The first-order valence-electron chi connectivity index (χ1n) is 7.40. The van der Waals surface area contributed by atoms with Crippen molar-refractivity contribution in [1.82, 2.24) is 0 Å². The molecule has 0 aliphatic rings. The number of hydrogen-bond acceptors (Lipinski definition) is 0. The second-order valence-electron chi connectivity index (χ2n) is 1.37. The van der Waals surface area contributed by atoms with Gasteiger partial charge in [0.2, 0.25) is 0 Å². The minimum absolute atomic E-state index is 1.25. The van der Waals surface area contributed by atoms with Gasteiger partial charge in [-0.2, -0.15) is 0 Å². The highest BCUT2D eigenvalue weighted by Gasteiger charge is 1.35. The summed E-state index contributed by atoms with van der Waals surface area (Å²) >= 11 is 0. The molecule has 0 amide bonds. The van der Waals surface area contributed by atoms with Crippen LogP contribution < -0.4 is 0 Å². The summed E-state index contributed by atoms with van der Waals surface area (Å²) in [6.45, 7) is 30.2. The van der Waals surface area contributed by atoms with E-state index in [1.807, 2.05) is 81.4 Å². The zero-order valence-corrected chi connectivity index (χ0v) is 15.3. The predicted octanol–water partition coefficient (Wildman–Crippen LogP) is 7.91. The molecule has 0 aliphatic heterocycles. The summed E-state index contributed by atoms with van der Waals surface area (Å²) in [4.78, 5) is 0. The highest BCUT2D eigenvalue weighted by Crippen LogP contribution is 1.57. The smallest absolute Gasteiger partial charge is 0.0470 e. The van der Waals surface area contributed by atoms with E-state index in [2.05, 4.69) is 27.0 Å². The predicted molar refractivity (Wildman–Crippen MR) is 93.1 cm³/mol. The molecule has 112 valence electrons. The summed E-state index contributed by atoms with van der Waals surface area (Å²) in [7, 11) is 0. The highest BCUT2D eigenvalue weighted by molar-refractivity contribution is 4.68. The third-order valence-corrected chi connectivity index (χ3v) is 0.333. The van der Waals surface area contributed by atoms with Crippen molar-refractivity contribution in [3.8, 4) is 0 Å². The molecular formula is C17H44. The molecule has 0 saturated carbocycles. The molecule has 0 heterocycles. The summed E-state index contributed by atoms with van der Waals surface area (Å²) in [5.41, 5.74) is 0. The second-order valence-corrected chi connectivity index (χ2v) is 1.37. The van der Waals surface area contributed by atoms with Crippen LogP contribution in [0.5, 0.6) is 0 Å². The maximum atomic E-state index is 3.00. The molecule has 0 spiro atoms. The quantitative estimate of drug-likeness (QED) is 0.382. The minimum Gasteiger partial charge on any atom is -0.106 e. The van der Waals surface area contributed by atoms with Gasteiger partial charge in [0.15, 0.2) is 0 Å². The van der Waals surface area contributed by atoms with E-state index in [-0.39, 0.29) is 0 Å². The summed E-state index contributed by atoms with van der Waals surface area (Å²) in [5, 5.41) is 0. The van der Waals surface area contributed by atoms with Crippen LogP contribution in [0.4, 0.5) is 0 Å². The zero-order chi connectivity index (χ0) is 16.1. The van der Waals surface area contributed by atoms with Crippen molar-refractivity contribution >= 4 is 0 Å². The molecule has 0 fully saturated rings. The Balaban J connectivity index is -0.0000000141. The molecular weight excluding hydrogens is 204 g/mol. The summed E-state index contributed by atoms with van der Waals surface area (Å²) < 4.78 is 0. The van der Waals surface area contributed by atoms with Crippen molar-refractivity contribution in [3.05, 3.63) is 25.3 Å². The lowest BCUT2D eigenvalue weighted by Crippen LogP contribution is -1.27. The van der Waals surface area contributed by atoms with Gasteiger partial charge in [-0.05, 0) is 13.8 Å². The van der Waals surface area contributed by atoms with Crippen LogP contribution in [0.15, 0.2) is 25.3 Å². The van der Waals surface area contributed by atoms with Gasteiger partial charge in [-0.1, -0.05) is 87.8 Å². The SMILES string of the molecule is C/C=C/C.C=C.CC.CC.CC.CC.CCC. The average Bonchev–Trinajstić information content (AvgIpc) is 2.50. The van der Waals surface area contributed by atoms with E-state index in [0.29, 0.717) is 0 Å². The van der Waals surface area contributed by atoms with Crippen LogP contribution in [-0.4, -0.2) is 0 Å². The molecule has 0 aromatic carbocycles. The van der Waals surface area contributed by atoms with E-state index >= 15 is 0 Å². The van der Waals surface area contributed by atoms with E-state index in [1.165, 1.54) is 6.42 Å². The van der Waals surface area contributed by atoms with E-state index in [4.69, 9.17) is 0 Å². The third-order valence-electron chi connectivity index (χ3n) is 0.333. The summed E-state index contributed by atoms with van der Waals surface area (Å²) in [6, 6.07) is 0. The summed E-state index contributed by atoms with van der Waals surface area (Å²) in [5.74, 6) is 0. The van der Waals surface area contributed by atoms with Gasteiger partial charge in [-0.3, -0.25) is 0 Å². The largest absolute Gasteiger partial charge is 0.106 e. The lowest BCUT2D eigenvalue weighted by Gasteiger charge is -1.49. The van der Waals surface area contributed by atoms with Crippen molar-refractivity contribution in [3.63, 3.8) is 0 Å². The molecule has 0 bridgehead atoms. The van der Waals surface area contributed by atoms with Crippen molar-refractivity contribution in [2.75, 3.05) is 0 Å². The standard InChI is InChI=1S/C4H8.C3H8.4C2H6.C2H4/c1-3-4-2;1-3-2;5*1-2/h3-4H,1-2H3;3H2,1-2H3;4*1-2H3;1-2H2/b4-3+;;;;;;. The molecule has 0 rings (SSSR count). The lowest BCUT2D eigenvalue weighted by molar-refractivity contribution is 1.09. The Labute approximate surface area is 115 Å². The van der Waals surface area contributed by atoms with Gasteiger partial charge < -0.3 is 0 Å². The number of rotatable bonds is 0. The molecule has 0 saturated heterocycles. The summed E-state index contributed by atoms with van der Waals surface area (Å²) in [6.07, 6.45) is 5.25. The van der Waals surface area contributed by atoms with Crippen LogP contribution in [0.25, 0.3) is 0 Å². The Morgan fingerprint density at radius 2 is 0.647 bits per heavy atom. The van der Waals surface area contributed by atoms with Crippen molar-refractivity contribution < 1.29 is 0 Å². The van der Waals surface area contributed by atoms with Crippen molar-refractivity contribution in [1.29, 1.82) is 0 Å². The topological polar surface area (TPSA) is 0 Å². The first-order chi connectivity index (χ1) is 8.33. The van der Waals surface area contributed by atoms with Crippen LogP contribution in [-0.2, 0) is 0 Å². The van der Waals surface area contributed by atoms with Crippen LogP contribution in [0.1, 0.15) is 89.5 Å². The maximum absolute atomic E-state index is 3.00. The van der Waals surface area contributed by atoms with E-state index < -0.39 is 0 Å². The molecule has 0 aromatic heterocycles. The monoisotopic (exact) mass is 248 g/mol. The molecule has 17 heavy (non-hydrogen) atoms. The Hall–Kier alpha value is -0.520. The average molecular weight is 249 g/mol. The lowest BCUT2D eigenvalue weighted by atomic mass is 10.6. The Morgan fingerprint density at radius 1 is 0.588 bits per heavy atom. The van der Waals surface area contributed by atoms with Crippen molar-refractivity contribution in [2.24, 2.45) is 0 Å². The fourth-order valence-corrected chi connectivity index (χ4v) is 0. The Morgan fingerprint density at radius 3 is 0.647 bits per heavy atom. The molecule has 0 atom stereocenters. The van der Waals surface area contributed by atoms with Gasteiger partial charge in [0.05, 0.1) is 0 Å². The van der Waals surface area contributed by atoms with Crippen LogP contribution in [0.3, 0.4) is 0 Å². The Kier molecular flexibility index (Phi) is 1360. The van der Waals surface area contributed by atoms with Crippen LogP contribution in [0, 0.1) is 0 Å². The van der Waals surface area contributed by atoms with E-state index in [0.717, 1.165) is 0 Å². The molecule has 0 heteroatoms. The fourth-order valence-electron chi connectivity index (χ4n) is 0. The van der Waals surface area contributed by atoms with Gasteiger partial charge in [0, 0.05) is 0 Å². The molecule has 0 nitrogen and oxygen atoms in total. The Bertz CT molecular complexity index is 31.3. The second kappa shape index (κ2) is 528. The van der Waals surface area contributed by atoms with E-state index in [1.54, 1.807) is 0 Å². The first-order valence-corrected chi connectivity index (χ1v) is 7.40. The van der Waals surface area contributed by atoms with Gasteiger partial charge >= 0.3 is 0 Å². The van der Waals surface area contributed by atoms with Gasteiger partial charge in [0.1, 0.15) is 0 Å². The van der Waals surface area contributed by atoms with Gasteiger partial charge in [-0.15, -0.1) is 13.2 Å².